The molecule has 2 aliphatic heterocycles. The van der Waals surface area contributed by atoms with E-state index in [1.807, 2.05) is 23.1 Å². The van der Waals surface area contributed by atoms with Gasteiger partial charge in [0.2, 0.25) is 11.8 Å². The number of nitrogens with one attached hydrogen (secondary N) is 2. The lowest BCUT2D eigenvalue weighted by Gasteiger charge is -2.33. The van der Waals surface area contributed by atoms with Crippen LogP contribution in [0.25, 0.3) is 0 Å². The van der Waals surface area contributed by atoms with Crippen molar-refractivity contribution in [1.82, 2.24) is 15.5 Å². The molecule has 3 rings (SSSR count). The summed E-state index contributed by atoms with van der Waals surface area (Å²) < 4.78 is 0. The number of rotatable bonds is 7. The van der Waals surface area contributed by atoms with E-state index in [2.05, 4.69) is 22.8 Å². The van der Waals surface area contributed by atoms with Crippen molar-refractivity contribution in [2.45, 2.75) is 51.0 Å². The van der Waals surface area contributed by atoms with Gasteiger partial charge < -0.3 is 15.5 Å². The summed E-state index contributed by atoms with van der Waals surface area (Å²) >= 11 is 0. The van der Waals surface area contributed by atoms with E-state index in [1.54, 1.807) is 0 Å². The first kappa shape index (κ1) is 18.9. The number of likely N-dealkylation sites (tertiary alicyclic amines) is 1. The third-order valence-electron chi connectivity index (χ3n) is 5.51. The van der Waals surface area contributed by atoms with Crippen LogP contribution in [0.2, 0.25) is 0 Å². The van der Waals surface area contributed by atoms with Gasteiger partial charge in [0, 0.05) is 26.1 Å². The maximum absolute atomic E-state index is 12.5. The molecule has 142 valence electrons. The number of carbonyl (C=O) groups is 2. The largest absolute Gasteiger partial charge is 0.354 e. The molecule has 1 aromatic rings. The molecule has 2 N–H and O–H groups in total. The lowest BCUT2D eigenvalue weighted by atomic mass is 9.97. The summed E-state index contributed by atoms with van der Waals surface area (Å²) in [4.78, 5) is 26.6. The van der Waals surface area contributed by atoms with Crippen LogP contribution in [0.3, 0.4) is 0 Å². The maximum atomic E-state index is 12.5. The fourth-order valence-electron chi connectivity index (χ4n) is 3.98. The fourth-order valence-corrected chi connectivity index (χ4v) is 3.98. The number of nitrogens with zero attached hydrogens (tertiary/aromatic N) is 1. The summed E-state index contributed by atoms with van der Waals surface area (Å²) in [5.74, 6) is 0.760. The van der Waals surface area contributed by atoms with Gasteiger partial charge in [-0.25, -0.2) is 0 Å². The highest BCUT2D eigenvalue weighted by Gasteiger charge is 2.26. The van der Waals surface area contributed by atoms with E-state index < -0.39 is 0 Å². The first-order valence-electron chi connectivity index (χ1n) is 10.0. The minimum absolute atomic E-state index is 0.0192. The summed E-state index contributed by atoms with van der Waals surface area (Å²) in [7, 11) is 0. The predicted molar refractivity (Wildman–Crippen MR) is 103 cm³/mol. The van der Waals surface area contributed by atoms with Crippen LogP contribution < -0.4 is 10.6 Å². The molecular formula is C21H31N3O2. The van der Waals surface area contributed by atoms with Gasteiger partial charge in [-0.3, -0.25) is 9.59 Å². The normalized spacial score (nSPS) is 23.0. The molecule has 0 spiro atoms. The van der Waals surface area contributed by atoms with Crippen LogP contribution in [0, 0.1) is 5.92 Å². The lowest BCUT2D eigenvalue weighted by Crippen LogP contribution is -2.46. The molecular weight excluding hydrogens is 326 g/mol. The average Bonchev–Trinajstić information content (AvgIpc) is 3.22. The summed E-state index contributed by atoms with van der Waals surface area (Å²) in [5.41, 5.74) is 1.29. The first-order valence-corrected chi connectivity index (χ1v) is 10.0. The summed E-state index contributed by atoms with van der Waals surface area (Å²) in [6.45, 7) is 3.26. The van der Waals surface area contributed by atoms with Gasteiger partial charge in [0.1, 0.15) is 0 Å². The van der Waals surface area contributed by atoms with E-state index in [0.717, 1.165) is 58.2 Å². The number of benzene rings is 1. The van der Waals surface area contributed by atoms with Crippen molar-refractivity contribution in [3.05, 3.63) is 35.9 Å². The molecule has 0 bridgehead atoms. The highest BCUT2D eigenvalue weighted by Crippen LogP contribution is 2.18. The molecule has 26 heavy (non-hydrogen) atoms. The van der Waals surface area contributed by atoms with Gasteiger partial charge in [-0.2, -0.15) is 0 Å². The second kappa shape index (κ2) is 9.72. The van der Waals surface area contributed by atoms with Crippen molar-refractivity contribution in [3.63, 3.8) is 0 Å². The Labute approximate surface area is 156 Å². The van der Waals surface area contributed by atoms with Crippen LogP contribution >= 0.6 is 0 Å². The highest BCUT2D eigenvalue weighted by atomic mass is 16.2. The SMILES string of the molecule is O=C(NCC1CCCN(C(=O)CCCc2ccccc2)C1)C1CCCN1. The Kier molecular flexibility index (Phi) is 7.06. The van der Waals surface area contributed by atoms with Crippen LogP contribution in [0.4, 0.5) is 0 Å². The Bertz CT molecular complexity index is 584. The molecule has 2 amide bonds. The van der Waals surface area contributed by atoms with Crippen molar-refractivity contribution in [2.75, 3.05) is 26.2 Å². The number of hydrogen-bond acceptors (Lipinski definition) is 3. The van der Waals surface area contributed by atoms with Gasteiger partial charge in [-0.05, 0) is 56.6 Å². The van der Waals surface area contributed by atoms with Crippen molar-refractivity contribution in [1.29, 1.82) is 0 Å². The maximum Gasteiger partial charge on any atom is 0.237 e. The Balaban J connectivity index is 1.36. The van der Waals surface area contributed by atoms with Crippen LogP contribution in [0.15, 0.2) is 30.3 Å². The van der Waals surface area contributed by atoms with Crippen LogP contribution in [0.1, 0.15) is 44.1 Å². The van der Waals surface area contributed by atoms with E-state index in [0.29, 0.717) is 18.9 Å². The molecule has 2 saturated heterocycles. The van der Waals surface area contributed by atoms with Gasteiger partial charge in [-0.15, -0.1) is 0 Å². The molecule has 1 aromatic carbocycles. The topological polar surface area (TPSA) is 61.4 Å². The molecule has 2 aliphatic rings. The Morgan fingerprint density at radius 3 is 2.77 bits per heavy atom. The number of piperidine rings is 1. The highest BCUT2D eigenvalue weighted by molar-refractivity contribution is 5.82. The fraction of sp³-hybridized carbons (Fsp3) is 0.619. The zero-order chi connectivity index (χ0) is 18.2. The van der Waals surface area contributed by atoms with E-state index in [1.165, 1.54) is 5.56 Å². The molecule has 2 unspecified atom stereocenters. The van der Waals surface area contributed by atoms with Crippen LogP contribution in [0.5, 0.6) is 0 Å². The van der Waals surface area contributed by atoms with E-state index in [9.17, 15) is 9.59 Å². The quantitative estimate of drug-likeness (QED) is 0.786. The molecule has 2 atom stereocenters. The van der Waals surface area contributed by atoms with Gasteiger partial charge in [-0.1, -0.05) is 30.3 Å². The molecule has 2 fully saturated rings. The number of aryl methyl sites for hydroxylation is 1. The smallest absolute Gasteiger partial charge is 0.237 e. The van der Waals surface area contributed by atoms with E-state index >= 15 is 0 Å². The molecule has 0 aliphatic carbocycles. The zero-order valence-electron chi connectivity index (χ0n) is 15.6. The number of hydrogen-bond donors (Lipinski definition) is 2. The predicted octanol–water partition coefficient (Wildman–Crippen LogP) is 2.12. The van der Waals surface area contributed by atoms with Crippen molar-refractivity contribution >= 4 is 11.8 Å². The van der Waals surface area contributed by atoms with Crippen LogP contribution in [-0.2, 0) is 16.0 Å². The second-order valence-electron chi connectivity index (χ2n) is 7.58. The zero-order valence-corrected chi connectivity index (χ0v) is 15.6. The van der Waals surface area contributed by atoms with Crippen molar-refractivity contribution < 1.29 is 9.59 Å². The molecule has 2 heterocycles. The van der Waals surface area contributed by atoms with Gasteiger partial charge in [0.25, 0.3) is 0 Å². The summed E-state index contributed by atoms with van der Waals surface area (Å²) in [6, 6.07) is 10.3. The molecule has 0 aromatic heterocycles. The molecule has 0 radical (unpaired) electrons. The Morgan fingerprint density at radius 1 is 1.15 bits per heavy atom. The molecule has 5 heteroatoms. The summed E-state index contributed by atoms with van der Waals surface area (Å²) in [5, 5.41) is 6.31. The Hall–Kier alpha value is -1.88. The Morgan fingerprint density at radius 2 is 2.00 bits per heavy atom. The van der Waals surface area contributed by atoms with E-state index in [-0.39, 0.29) is 17.9 Å². The first-order chi connectivity index (χ1) is 12.7. The third kappa shape index (κ3) is 5.56. The summed E-state index contributed by atoms with van der Waals surface area (Å²) in [6.07, 6.45) is 6.59. The minimum atomic E-state index is -0.0192. The van der Waals surface area contributed by atoms with Crippen molar-refractivity contribution in [2.24, 2.45) is 5.92 Å². The standard InChI is InChI=1S/C21H31N3O2/c25-20(12-4-9-17-7-2-1-3-8-17)24-14-6-10-18(16-24)15-23-21(26)19-11-5-13-22-19/h1-3,7-8,18-19,22H,4-6,9-16H2,(H,23,26). The molecule has 0 saturated carbocycles. The average molecular weight is 357 g/mol. The van der Waals surface area contributed by atoms with E-state index in [4.69, 9.17) is 0 Å². The van der Waals surface area contributed by atoms with Crippen molar-refractivity contribution in [3.8, 4) is 0 Å². The second-order valence-corrected chi connectivity index (χ2v) is 7.58. The molecule has 5 nitrogen and oxygen atoms in total. The van der Waals surface area contributed by atoms with Gasteiger partial charge in [0.05, 0.1) is 6.04 Å². The lowest BCUT2D eigenvalue weighted by molar-refractivity contribution is -0.133. The van der Waals surface area contributed by atoms with Gasteiger partial charge in [0.15, 0.2) is 0 Å². The number of carbonyl (C=O) groups excluding carboxylic acids is 2. The van der Waals surface area contributed by atoms with Gasteiger partial charge >= 0.3 is 0 Å². The number of amides is 2. The monoisotopic (exact) mass is 357 g/mol. The third-order valence-corrected chi connectivity index (χ3v) is 5.51. The minimum Gasteiger partial charge on any atom is -0.354 e. The van der Waals surface area contributed by atoms with Crippen LogP contribution in [-0.4, -0.2) is 48.9 Å².